The van der Waals surface area contributed by atoms with E-state index >= 15 is 0 Å². The van der Waals surface area contributed by atoms with Gasteiger partial charge >= 0.3 is 0 Å². The average molecular weight is 324 g/mol. The number of hydrogen-bond acceptors (Lipinski definition) is 5. The fourth-order valence-electron chi connectivity index (χ4n) is 3.41. The number of nitrogens with zero attached hydrogens (tertiary/aromatic N) is 2. The molecule has 1 aromatic rings. The summed E-state index contributed by atoms with van der Waals surface area (Å²) in [5, 5.41) is -0.152. The van der Waals surface area contributed by atoms with Gasteiger partial charge in [0, 0.05) is 36.7 Å². The summed E-state index contributed by atoms with van der Waals surface area (Å²) in [5.41, 5.74) is -0.237. The van der Waals surface area contributed by atoms with Gasteiger partial charge in [-0.3, -0.25) is 0 Å². The van der Waals surface area contributed by atoms with Crippen molar-refractivity contribution in [2.24, 2.45) is 11.3 Å². The van der Waals surface area contributed by atoms with Crippen molar-refractivity contribution >= 4 is 10.0 Å². The maximum Gasteiger partial charge on any atom is 0.217 e. The lowest BCUT2D eigenvalue weighted by atomic mass is 9.82. The normalized spacial score (nSPS) is 32.1. The van der Waals surface area contributed by atoms with Crippen molar-refractivity contribution in [2.45, 2.75) is 18.1 Å². The monoisotopic (exact) mass is 324 g/mol. The van der Waals surface area contributed by atoms with Crippen LogP contribution in [0.3, 0.4) is 0 Å². The van der Waals surface area contributed by atoms with Gasteiger partial charge < -0.3 is 9.47 Å². The third-order valence-corrected chi connectivity index (χ3v) is 7.25. The molecule has 7 heteroatoms. The highest BCUT2D eigenvalue weighted by molar-refractivity contribution is 7.90. The Morgan fingerprint density at radius 2 is 2.27 bits per heavy atom. The zero-order valence-electron chi connectivity index (χ0n) is 12.3. The molecule has 0 bridgehead atoms. The van der Waals surface area contributed by atoms with Crippen LogP contribution in [0, 0.1) is 11.3 Å². The summed E-state index contributed by atoms with van der Waals surface area (Å²) in [5.74, 6) is 0.788. The van der Waals surface area contributed by atoms with E-state index in [1.807, 2.05) is 18.2 Å². The summed E-state index contributed by atoms with van der Waals surface area (Å²) in [6.07, 6.45) is 3.29. The molecule has 3 heterocycles. The minimum atomic E-state index is -3.12. The van der Waals surface area contributed by atoms with Crippen molar-refractivity contribution < 1.29 is 17.9 Å². The van der Waals surface area contributed by atoms with E-state index in [0.29, 0.717) is 38.8 Å². The molecule has 0 amide bonds. The SMILES string of the molecule is O=S(=O)(C1CC1)N1C[C@H]2COC[C@@]2(COc2ccccn2)C1. The van der Waals surface area contributed by atoms with Crippen molar-refractivity contribution in [1.29, 1.82) is 0 Å². The highest BCUT2D eigenvalue weighted by Gasteiger charge is 2.56. The Hall–Kier alpha value is -1.18. The van der Waals surface area contributed by atoms with Crippen LogP contribution in [0.2, 0.25) is 0 Å². The Morgan fingerprint density at radius 1 is 1.41 bits per heavy atom. The topological polar surface area (TPSA) is 68.7 Å². The summed E-state index contributed by atoms with van der Waals surface area (Å²) in [7, 11) is -3.12. The number of aromatic nitrogens is 1. The van der Waals surface area contributed by atoms with E-state index in [0.717, 1.165) is 12.8 Å². The molecule has 22 heavy (non-hydrogen) atoms. The van der Waals surface area contributed by atoms with Crippen LogP contribution in [0.5, 0.6) is 5.88 Å². The Bertz CT molecular complexity index is 647. The molecule has 3 aliphatic rings. The minimum Gasteiger partial charge on any atom is -0.477 e. The second-order valence-electron chi connectivity index (χ2n) is 6.57. The zero-order valence-corrected chi connectivity index (χ0v) is 13.2. The van der Waals surface area contributed by atoms with Gasteiger partial charge in [-0.25, -0.2) is 17.7 Å². The van der Waals surface area contributed by atoms with Gasteiger partial charge in [-0.2, -0.15) is 0 Å². The Kier molecular flexibility index (Phi) is 3.39. The highest BCUT2D eigenvalue weighted by atomic mass is 32.2. The first kappa shape index (κ1) is 14.4. The highest BCUT2D eigenvalue weighted by Crippen LogP contribution is 2.44. The summed E-state index contributed by atoms with van der Waals surface area (Å²) in [4.78, 5) is 4.16. The Balaban J connectivity index is 1.49. The van der Waals surface area contributed by atoms with Crippen molar-refractivity contribution in [3.8, 4) is 5.88 Å². The summed E-state index contributed by atoms with van der Waals surface area (Å²) in [6, 6.07) is 5.53. The van der Waals surface area contributed by atoms with Crippen molar-refractivity contribution in [1.82, 2.24) is 9.29 Å². The summed E-state index contributed by atoms with van der Waals surface area (Å²) < 4.78 is 38.1. The van der Waals surface area contributed by atoms with Crippen LogP contribution >= 0.6 is 0 Å². The van der Waals surface area contributed by atoms with Crippen LogP contribution in [-0.2, 0) is 14.8 Å². The molecule has 0 aromatic carbocycles. The maximum atomic E-state index is 12.5. The second kappa shape index (κ2) is 5.18. The fourth-order valence-corrected chi connectivity index (χ4v) is 5.39. The van der Waals surface area contributed by atoms with Crippen LogP contribution < -0.4 is 4.74 Å². The Labute approximate surface area is 130 Å². The van der Waals surface area contributed by atoms with Crippen molar-refractivity contribution in [3.63, 3.8) is 0 Å². The van der Waals surface area contributed by atoms with Gasteiger partial charge in [0.05, 0.1) is 25.1 Å². The molecule has 0 radical (unpaired) electrons. The molecule has 1 aliphatic carbocycles. The maximum absolute atomic E-state index is 12.5. The molecule has 0 spiro atoms. The molecule has 2 atom stereocenters. The average Bonchev–Trinajstić information content (AvgIpc) is 3.21. The van der Waals surface area contributed by atoms with E-state index in [4.69, 9.17) is 9.47 Å². The number of fused-ring (bicyclic) bond motifs is 1. The van der Waals surface area contributed by atoms with Gasteiger partial charge in [0.2, 0.25) is 15.9 Å². The van der Waals surface area contributed by atoms with Crippen LogP contribution in [-0.4, -0.2) is 55.9 Å². The molecule has 2 saturated heterocycles. The third kappa shape index (κ3) is 2.41. The molecular formula is C15H20N2O4S. The van der Waals surface area contributed by atoms with Crippen LogP contribution in [0.15, 0.2) is 24.4 Å². The van der Waals surface area contributed by atoms with Crippen LogP contribution in [0.4, 0.5) is 0 Å². The van der Waals surface area contributed by atoms with Gasteiger partial charge in [-0.05, 0) is 18.9 Å². The Morgan fingerprint density at radius 3 is 3.00 bits per heavy atom. The zero-order chi connectivity index (χ0) is 15.2. The van der Waals surface area contributed by atoms with E-state index < -0.39 is 10.0 Å². The standard InChI is InChI=1S/C15H20N2O4S/c18-22(19,13-4-5-13)17-7-12-8-20-10-15(12,9-17)11-21-14-3-1-2-6-16-14/h1-3,6,12-13H,4-5,7-11H2/t12-,15+/m0/s1. The van der Waals surface area contributed by atoms with Crippen LogP contribution in [0.1, 0.15) is 12.8 Å². The van der Waals surface area contributed by atoms with E-state index in [1.165, 1.54) is 0 Å². The number of rotatable bonds is 5. The van der Waals surface area contributed by atoms with Gasteiger partial charge in [-0.1, -0.05) is 6.07 Å². The van der Waals surface area contributed by atoms with Gasteiger partial charge in [0.25, 0.3) is 0 Å². The molecule has 120 valence electrons. The second-order valence-corrected chi connectivity index (χ2v) is 8.78. The molecular weight excluding hydrogens is 304 g/mol. The van der Waals surface area contributed by atoms with E-state index in [9.17, 15) is 8.42 Å². The first-order chi connectivity index (χ1) is 10.6. The van der Waals surface area contributed by atoms with Crippen LogP contribution in [0.25, 0.3) is 0 Å². The van der Waals surface area contributed by atoms with Crippen molar-refractivity contribution in [3.05, 3.63) is 24.4 Å². The minimum absolute atomic E-state index is 0.152. The fraction of sp³-hybridized carbons (Fsp3) is 0.667. The number of sulfonamides is 1. The molecule has 0 N–H and O–H groups in total. The molecule has 1 aromatic heterocycles. The molecule has 2 aliphatic heterocycles. The molecule has 4 rings (SSSR count). The first-order valence-corrected chi connectivity index (χ1v) is 9.21. The lowest BCUT2D eigenvalue weighted by Gasteiger charge is -2.26. The molecule has 1 saturated carbocycles. The predicted octanol–water partition coefficient (Wildman–Crippen LogP) is 0.901. The number of pyridine rings is 1. The van der Waals surface area contributed by atoms with E-state index in [-0.39, 0.29) is 16.6 Å². The van der Waals surface area contributed by atoms with Gasteiger partial charge in [0.15, 0.2) is 0 Å². The first-order valence-electron chi connectivity index (χ1n) is 7.71. The lowest BCUT2D eigenvalue weighted by molar-refractivity contribution is 0.0992. The molecule has 0 unspecified atom stereocenters. The van der Waals surface area contributed by atoms with E-state index in [1.54, 1.807) is 10.5 Å². The summed E-state index contributed by atoms with van der Waals surface area (Å²) >= 11 is 0. The molecule has 6 nitrogen and oxygen atoms in total. The lowest BCUT2D eigenvalue weighted by Crippen LogP contribution is -2.39. The number of hydrogen-bond donors (Lipinski definition) is 0. The number of ether oxygens (including phenoxy) is 2. The van der Waals surface area contributed by atoms with Gasteiger partial charge in [-0.15, -0.1) is 0 Å². The predicted molar refractivity (Wildman–Crippen MR) is 80.0 cm³/mol. The molecule has 3 fully saturated rings. The van der Waals surface area contributed by atoms with E-state index in [2.05, 4.69) is 4.98 Å². The third-order valence-electron chi connectivity index (χ3n) is 4.94. The van der Waals surface area contributed by atoms with Crippen molar-refractivity contribution in [2.75, 3.05) is 32.9 Å². The smallest absolute Gasteiger partial charge is 0.217 e. The quantitative estimate of drug-likeness (QED) is 0.805. The largest absolute Gasteiger partial charge is 0.477 e. The summed E-state index contributed by atoms with van der Waals surface area (Å²) in [6.45, 7) is 2.68. The van der Waals surface area contributed by atoms with Gasteiger partial charge in [0.1, 0.15) is 0 Å².